The van der Waals surface area contributed by atoms with Crippen LogP contribution in [0.25, 0.3) is 10.8 Å². The second-order valence-electron chi connectivity index (χ2n) is 9.68. The molecule has 0 saturated carbocycles. The third kappa shape index (κ3) is 6.95. The largest absolute Gasteiger partial charge is 0.493 e. The molecule has 0 saturated heterocycles. The number of hydrogen-bond donors (Lipinski definition) is 0. The molecule has 0 amide bonds. The van der Waals surface area contributed by atoms with Crippen molar-refractivity contribution in [2.75, 3.05) is 6.61 Å². The molecule has 2 nitrogen and oxygen atoms in total. The number of rotatable bonds is 12. The van der Waals surface area contributed by atoms with E-state index in [1.54, 1.807) is 30.3 Å². The van der Waals surface area contributed by atoms with E-state index in [4.69, 9.17) is 10.00 Å². The average Bonchev–Trinajstić information content (AvgIpc) is 2.92. The zero-order valence-electron chi connectivity index (χ0n) is 21.7. The first-order valence-electron chi connectivity index (χ1n) is 13.3. The summed E-state index contributed by atoms with van der Waals surface area (Å²) in [6.07, 6.45) is 6.51. The highest BCUT2D eigenvalue weighted by atomic mass is 19.1. The van der Waals surface area contributed by atoms with Gasteiger partial charge in [0.2, 0.25) is 0 Å². The summed E-state index contributed by atoms with van der Waals surface area (Å²) in [6.45, 7) is 2.76. The van der Waals surface area contributed by atoms with E-state index < -0.39 is 5.82 Å². The molecule has 196 valence electrons. The molecule has 4 aromatic carbocycles. The van der Waals surface area contributed by atoms with Crippen molar-refractivity contribution < 1.29 is 17.9 Å². The summed E-state index contributed by atoms with van der Waals surface area (Å²) in [5, 5.41) is 10.2. The summed E-state index contributed by atoms with van der Waals surface area (Å²) < 4.78 is 49.4. The normalized spacial score (nSPS) is 11.0. The molecule has 0 fully saturated rings. The number of halogens is 3. The predicted octanol–water partition coefficient (Wildman–Crippen LogP) is 8.66. The van der Waals surface area contributed by atoms with Gasteiger partial charge in [0.1, 0.15) is 29.3 Å². The van der Waals surface area contributed by atoms with E-state index in [1.165, 1.54) is 31.0 Å². The number of ether oxygens (including phenoxy) is 1. The molecule has 0 aliphatic carbocycles. The Morgan fingerprint density at radius 2 is 1.45 bits per heavy atom. The zero-order valence-corrected chi connectivity index (χ0v) is 21.7. The van der Waals surface area contributed by atoms with E-state index in [0.717, 1.165) is 29.4 Å². The van der Waals surface area contributed by atoms with Crippen molar-refractivity contribution >= 4 is 10.8 Å². The predicted molar refractivity (Wildman–Crippen MR) is 146 cm³/mol. The zero-order chi connectivity index (χ0) is 26.9. The fourth-order valence-corrected chi connectivity index (χ4v) is 4.64. The third-order valence-corrected chi connectivity index (χ3v) is 6.91. The Hall–Kier alpha value is -3.78. The number of fused-ring (bicyclic) bond motifs is 1. The van der Waals surface area contributed by atoms with Gasteiger partial charge in [0, 0.05) is 11.5 Å². The maximum atomic E-state index is 15.2. The molecule has 0 aromatic heterocycles. The molecule has 0 unspecified atom stereocenters. The molecule has 0 radical (unpaired) electrons. The summed E-state index contributed by atoms with van der Waals surface area (Å²) in [4.78, 5) is 0. The summed E-state index contributed by atoms with van der Waals surface area (Å²) in [5.74, 6) is -0.545. The van der Waals surface area contributed by atoms with Crippen LogP contribution in [-0.4, -0.2) is 6.61 Å². The SMILES string of the molecule is CCCCCCOc1ccc(CCc2ccc3c(F)c(CCc4ccc(C#N)c(F)c4)ccc3c2)c(F)c1. The van der Waals surface area contributed by atoms with Crippen LogP contribution in [0.2, 0.25) is 0 Å². The lowest BCUT2D eigenvalue weighted by atomic mass is 9.97. The highest BCUT2D eigenvalue weighted by Crippen LogP contribution is 2.25. The molecule has 4 rings (SSSR count). The van der Waals surface area contributed by atoms with Crippen molar-refractivity contribution in [1.82, 2.24) is 0 Å². The Morgan fingerprint density at radius 1 is 0.711 bits per heavy atom. The number of nitrogens with zero attached hydrogens (tertiary/aromatic N) is 1. The lowest BCUT2D eigenvalue weighted by Gasteiger charge is -2.10. The highest BCUT2D eigenvalue weighted by molar-refractivity contribution is 5.84. The lowest BCUT2D eigenvalue weighted by Crippen LogP contribution is -2.00. The fourth-order valence-electron chi connectivity index (χ4n) is 4.64. The molecule has 0 atom stereocenters. The number of aryl methyl sites for hydroxylation is 4. The van der Waals surface area contributed by atoms with Crippen LogP contribution in [0, 0.1) is 28.8 Å². The topological polar surface area (TPSA) is 33.0 Å². The van der Waals surface area contributed by atoms with Gasteiger partial charge in [-0.2, -0.15) is 5.26 Å². The number of nitriles is 1. The molecule has 0 aliphatic rings. The first-order chi connectivity index (χ1) is 18.5. The van der Waals surface area contributed by atoms with Crippen LogP contribution < -0.4 is 4.74 Å². The summed E-state index contributed by atoms with van der Waals surface area (Å²) in [5.41, 5.74) is 2.92. The van der Waals surface area contributed by atoms with Crippen LogP contribution in [0.15, 0.2) is 66.7 Å². The molecule has 0 heterocycles. The Balaban J connectivity index is 1.36. The van der Waals surface area contributed by atoms with Gasteiger partial charge in [-0.15, -0.1) is 0 Å². The van der Waals surface area contributed by atoms with E-state index in [9.17, 15) is 8.78 Å². The van der Waals surface area contributed by atoms with Gasteiger partial charge >= 0.3 is 0 Å². The minimum Gasteiger partial charge on any atom is -0.493 e. The molecule has 0 spiro atoms. The molecule has 0 bridgehead atoms. The van der Waals surface area contributed by atoms with Crippen LogP contribution >= 0.6 is 0 Å². The molecule has 0 aliphatic heterocycles. The van der Waals surface area contributed by atoms with Crippen LogP contribution in [0.1, 0.15) is 60.4 Å². The number of unbranched alkanes of at least 4 members (excludes halogenated alkanes) is 3. The van der Waals surface area contributed by atoms with Crippen LogP contribution in [0.5, 0.6) is 5.75 Å². The van der Waals surface area contributed by atoms with Gasteiger partial charge in [0.15, 0.2) is 0 Å². The Kier molecular flexibility index (Phi) is 9.43. The lowest BCUT2D eigenvalue weighted by molar-refractivity contribution is 0.303. The van der Waals surface area contributed by atoms with Crippen molar-refractivity contribution in [2.24, 2.45) is 0 Å². The molecule has 38 heavy (non-hydrogen) atoms. The molecular weight excluding hydrogens is 483 g/mol. The maximum Gasteiger partial charge on any atom is 0.141 e. The third-order valence-electron chi connectivity index (χ3n) is 6.91. The monoisotopic (exact) mass is 515 g/mol. The summed E-state index contributed by atoms with van der Waals surface area (Å²) >= 11 is 0. The second-order valence-corrected chi connectivity index (χ2v) is 9.68. The van der Waals surface area contributed by atoms with Crippen molar-refractivity contribution in [1.29, 1.82) is 5.26 Å². The Morgan fingerprint density at radius 3 is 2.18 bits per heavy atom. The first kappa shape index (κ1) is 27.3. The van der Waals surface area contributed by atoms with Gasteiger partial charge in [-0.05, 0) is 77.9 Å². The summed E-state index contributed by atoms with van der Waals surface area (Å²) in [7, 11) is 0. The van der Waals surface area contributed by atoms with E-state index in [2.05, 4.69) is 6.92 Å². The van der Waals surface area contributed by atoms with E-state index in [0.29, 0.717) is 54.6 Å². The second kappa shape index (κ2) is 13.1. The maximum absolute atomic E-state index is 15.2. The number of hydrogen-bond acceptors (Lipinski definition) is 2. The van der Waals surface area contributed by atoms with Gasteiger partial charge in [0.05, 0.1) is 12.2 Å². The quantitative estimate of drug-likeness (QED) is 0.177. The van der Waals surface area contributed by atoms with Gasteiger partial charge in [-0.25, -0.2) is 13.2 Å². The smallest absolute Gasteiger partial charge is 0.141 e. The highest BCUT2D eigenvalue weighted by Gasteiger charge is 2.11. The van der Waals surface area contributed by atoms with Crippen molar-refractivity contribution in [3.8, 4) is 11.8 Å². The average molecular weight is 516 g/mol. The van der Waals surface area contributed by atoms with Gasteiger partial charge in [-0.3, -0.25) is 0 Å². The minimum absolute atomic E-state index is 0.00313. The van der Waals surface area contributed by atoms with Crippen molar-refractivity contribution in [2.45, 2.75) is 58.3 Å². The van der Waals surface area contributed by atoms with Crippen molar-refractivity contribution in [3.63, 3.8) is 0 Å². The van der Waals surface area contributed by atoms with Crippen LogP contribution in [0.3, 0.4) is 0 Å². The van der Waals surface area contributed by atoms with Crippen molar-refractivity contribution in [3.05, 3.63) is 112 Å². The number of benzene rings is 4. The standard InChI is InChI=1S/C33H32F3NO/c1-2-3-4-5-18-38-29-16-15-25(32(35)21-29)10-6-23-9-17-30-27(19-23)14-13-26(33(30)36)11-7-24-8-12-28(22-37)31(34)20-24/h8-9,12-17,19-21H,2-7,10-11,18H2,1H3. The Bertz CT molecular complexity index is 1440. The van der Waals surface area contributed by atoms with E-state index in [1.807, 2.05) is 24.3 Å². The molecular formula is C33H32F3NO. The van der Waals surface area contributed by atoms with Gasteiger partial charge in [-0.1, -0.05) is 68.7 Å². The molecule has 4 aromatic rings. The molecule has 5 heteroatoms. The minimum atomic E-state index is -0.557. The van der Waals surface area contributed by atoms with E-state index in [-0.39, 0.29) is 17.2 Å². The Labute approximate surface area is 222 Å². The van der Waals surface area contributed by atoms with E-state index >= 15 is 4.39 Å². The fraction of sp³-hybridized carbons (Fsp3) is 0.303. The van der Waals surface area contributed by atoms with Crippen LogP contribution in [0.4, 0.5) is 13.2 Å². The first-order valence-corrected chi connectivity index (χ1v) is 13.3. The van der Waals surface area contributed by atoms with Gasteiger partial charge in [0.25, 0.3) is 0 Å². The van der Waals surface area contributed by atoms with Crippen LogP contribution in [-0.2, 0) is 25.7 Å². The summed E-state index contributed by atoms with van der Waals surface area (Å²) in [6, 6.07) is 20.6. The molecule has 0 N–H and O–H groups in total. The van der Waals surface area contributed by atoms with Gasteiger partial charge < -0.3 is 4.74 Å².